The van der Waals surface area contributed by atoms with Crippen LogP contribution < -0.4 is 9.64 Å². The van der Waals surface area contributed by atoms with Gasteiger partial charge in [-0.05, 0) is 73.0 Å². The summed E-state index contributed by atoms with van der Waals surface area (Å²) in [5, 5.41) is 0. The van der Waals surface area contributed by atoms with Crippen LogP contribution in [0.15, 0.2) is 72.8 Å². The molecule has 5 nitrogen and oxygen atoms in total. The van der Waals surface area contributed by atoms with Crippen molar-refractivity contribution in [3.05, 3.63) is 89.7 Å². The Morgan fingerprint density at radius 3 is 2.36 bits per heavy atom. The van der Waals surface area contributed by atoms with Crippen LogP contribution in [0.3, 0.4) is 0 Å². The third-order valence-electron chi connectivity index (χ3n) is 6.03. The van der Waals surface area contributed by atoms with Crippen molar-refractivity contribution in [2.24, 2.45) is 5.92 Å². The molecule has 0 spiro atoms. The number of halogens is 1. The number of anilines is 1. The fourth-order valence-electron chi connectivity index (χ4n) is 4.40. The van der Waals surface area contributed by atoms with Crippen LogP contribution >= 0.6 is 0 Å². The van der Waals surface area contributed by atoms with Gasteiger partial charge in [-0.15, -0.1) is 0 Å². The highest BCUT2D eigenvalue weighted by atomic mass is 19.1. The smallest absolute Gasteiger partial charge is 0.337 e. The molecule has 0 bridgehead atoms. The maximum absolute atomic E-state index is 13.1. The van der Waals surface area contributed by atoms with E-state index in [0.717, 1.165) is 37.2 Å². The van der Waals surface area contributed by atoms with Gasteiger partial charge in [-0.2, -0.15) is 0 Å². The van der Waals surface area contributed by atoms with E-state index in [0.29, 0.717) is 23.0 Å². The van der Waals surface area contributed by atoms with E-state index in [1.807, 2.05) is 42.5 Å². The van der Waals surface area contributed by atoms with Crippen LogP contribution in [0.25, 0.3) is 0 Å². The molecule has 1 aliphatic heterocycles. The quantitative estimate of drug-likeness (QED) is 0.414. The molecule has 0 aliphatic carbocycles. The summed E-state index contributed by atoms with van der Waals surface area (Å²) in [4.78, 5) is 14.2. The molecule has 3 aromatic carbocycles. The first-order valence-electron chi connectivity index (χ1n) is 11.1. The number of piperidine rings is 1. The van der Waals surface area contributed by atoms with Crippen LogP contribution in [0.1, 0.15) is 34.9 Å². The summed E-state index contributed by atoms with van der Waals surface area (Å²) in [6.07, 6.45) is 2.04. The van der Waals surface area contributed by atoms with E-state index < -0.39 is 0 Å². The van der Waals surface area contributed by atoms with Crippen molar-refractivity contribution in [2.45, 2.75) is 18.9 Å². The van der Waals surface area contributed by atoms with Gasteiger partial charge in [-0.25, -0.2) is 9.18 Å². The van der Waals surface area contributed by atoms with Crippen LogP contribution in [0.5, 0.6) is 11.5 Å². The summed E-state index contributed by atoms with van der Waals surface area (Å²) in [6, 6.07) is 21.4. The van der Waals surface area contributed by atoms with E-state index in [9.17, 15) is 9.18 Å². The molecule has 0 aromatic heterocycles. The predicted octanol–water partition coefficient (Wildman–Crippen LogP) is 6.01. The van der Waals surface area contributed by atoms with Crippen molar-refractivity contribution < 1.29 is 23.4 Å². The van der Waals surface area contributed by atoms with Crippen LogP contribution in [-0.2, 0) is 9.47 Å². The van der Waals surface area contributed by atoms with Gasteiger partial charge in [-0.3, -0.25) is 0 Å². The lowest BCUT2D eigenvalue weighted by Gasteiger charge is -2.38. The van der Waals surface area contributed by atoms with E-state index in [4.69, 9.17) is 14.2 Å². The second-order valence-corrected chi connectivity index (χ2v) is 8.17. The lowest BCUT2D eigenvalue weighted by molar-refractivity contribution is 0.0449. The van der Waals surface area contributed by atoms with Crippen molar-refractivity contribution in [3.8, 4) is 11.5 Å². The Labute approximate surface area is 193 Å². The zero-order valence-corrected chi connectivity index (χ0v) is 18.9. The molecule has 1 fully saturated rings. The number of carbonyl (C=O) groups is 1. The van der Waals surface area contributed by atoms with E-state index >= 15 is 0 Å². The summed E-state index contributed by atoms with van der Waals surface area (Å²) in [5.41, 5.74) is 2.65. The molecule has 2 unspecified atom stereocenters. The van der Waals surface area contributed by atoms with Gasteiger partial charge >= 0.3 is 5.97 Å². The summed E-state index contributed by atoms with van der Waals surface area (Å²) >= 11 is 0. The maximum Gasteiger partial charge on any atom is 0.337 e. The van der Waals surface area contributed by atoms with Gasteiger partial charge in [0.25, 0.3) is 0 Å². The highest BCUT2D eigenvalue weighted by Crippen LogP contribution is 2.35. The van der Waals surface area contributed by atoms with Gasteiger partial charge in [-0.1, -0.05) is 18.2 Å². The number of ether oxygens (including phenoxy) is 3. The fourth-order valence-corrected chi connectivity index (χ4v) is 4.40. The lowest BCUT2D eigenvalue weighted by atomic mass is 9.88. The molecule has 33 heavy (non-hydrogen) atoms. The van der Waals surface area contributed by atoms with Crippen molar-refractivity contribution >= 4 is 11.7 Å². The van der Waals surface area contributed by atoms with Gasteiger partial charge in [0.1, 0.15) is 17.3 Å². The molecule has 6 heteroatoms. The molecular formula is C27H28FNO4. The first-order chi connectivity index (χ1) is 16.1. The topological polar surface area (TPSA) is 48.0 Å². The molecule has 0 radical (unpaired) electrons. The first-order valence-corrected chi connectivity index (χ1v) is 11.1. The standard InChI is InChI=1S/C27H28FNO4/c1-31-26(19-8-12-24(13-9-19)33-25-14-10-22(28)11-15-25)21-6-4-16-29(18-21)23-7-3-5-20(17-23)27(30)32-2/h3,5,7-15,17,21,26H,4,6,16,18H2,1-2H3. The molecule has 0 saturated carbocycles. The Kier molecular flexibility index (Phi) is 7.25. The minimum Gasteiger partial charge on any atom is -0.465 e. The zero-order chi connectivity index (χ0) is 23.2. The number of nitrogens with zero attached hydrogens (tertiary/aromatic N) is 1. The third-order valence-corrected chi connectivity index (χ3v) is 6.03. The lowest BCUT2D eigenvalue weighted by Crippen LogP contribution is -2.38. The molecule has 2 atom stereocenters. The van der Waals surface area contributed by atoms with Gasteiger partial charge in [0, 0.05) is 31.8 Å². The molecule has 0 N–H and O–H groups in total. The highest BCUT2D eigenvalue weighted by molar-refractivity contribution is 5.90. The monoisotopic (exact) mass is 449 g/mol. The molecule has 172 valence electrons. The van der Waals surface area contributed by atoms with Gasteiger partial charge in [0.15, 0.2) is 0 Å². The van der Waals surface area contributed by atoms with Crippen LogP contribution in [-0.4, -0.2) is 33.3 Å². The Balaban J connectivity index is 1.45. The van der Waals surface area contributed by atoms with E-state index in [2.05, 4.69) is 4.90 Å². The Bertz CT molecular complexity index is 1070. The normalized spacial score (nSPS) is 16.8. The van der Waals surface area contributed by atoms with Crippen LogP contribution in [0, 0.1) is 11.7 Å². The number of hydrogen-bond donors (Lipinski definition) is 0. The minimum atomic E-state index is -0.330. The van der Waals surface area contributed by atoms with Crippen molar-refractivity contribution in [1.82, 2.24) is 0 Å². The molecule has 1 aliphatic rings. The Hall–Kier alpha value is -3.38. The van der Waals surface area contributed by atoms with E-state index in [1.54, 1.807) is 25.3 Å². The molecule has 1 heterocycles. The highest BCUT2D eigenvalue weighted by Gasteiger charge is 2.29. The van der Waals surface area contributed by atoms with E-state index in [1.165, 1.54) is 19.2 Å². The second-order valence-electron chi connectivity index (χ2n) is 8.17. The number of benzene rings is 3. The number of methoxy groups -OCH3 is 2. The van der Waals surface area contributed by atoms with Gasteiger partial charge in [0.2, 0.25) is 0 Å². The van der Waals surface area contributed by atoms with Crippen LogP contribution in [0.2, 0.25) is 0 Å². The average molecular weight is 450 g/mol. The fraction of sp³-hybridized carbons (Fsp3) is 0.296. The van der Waals surface area contributed by atoms with Crippen molar-refractivity contribution in [3.63, 3.8) is 0 Å². The zero-order valence-electron chi connectivity index (χ0n) is 18.9. The summed E-state index contributed by atoms with van der Waals surface area (Å²) < 4.78 is 29.7. The van der Waals surface area contributed by atoms with E-state index in [-0.39, 0.29) is 17.9 Å². The Morgan fingerprint density at radius 1 is 1.00 bits per heavy atom. The number of carbonyl (C=O) groups excluding carboxylic acids is 1. The molecular weight excluding hydrogens is 421 g/mol. The number of rotatable bonds is 7. The number of esters is 1. The third kappa shape index (κ3) is 5.52. The van der Waals surface area contributed by atoms with Gasteiger partial charge in [0.05, 0.1) is 18.8 Å². The molecule has 0 amide bonds. The SMILES string of the molecule is COC(=O)c1cccc(N2CCCC(C(OC)c3ccc(Oc4ccc(F)cc4)cc3)C2)c1. The van der Waals surface area contributed by atoms with Crippen molar-refractivity contribution in [2.75, 3.05) is 32.2 Å². The molecule has 4 rings (SSSR count). The van der Waals surface area contributed by atoms with Crippen molar-refractivity contribution in [1.29, 1.82) is 0 Å². The first kappa shape index (κ1) is 22.8. The molecule has 3 aromatic rings. The largest absolute Gasteiger partial charge is 0.465 e. The maximum atomic E-state index is 13.1. The Morgan fingerprint density at radius 2 is 1.70 bits per heavy atom. The van der Waals surface area contributed by atoms with Gasteiger partial charge < -0.3 is 19.1 Å². The summed E-state index contributed by atoms with van der Waals surface area (Å²) in [6.45, 7) is 1.76. The average Bonchev–Trinajstić information content (AvgIpc) is 2.87. The molecule has 1 saturated heterocycles. The minimum absolute atomic E-state index is 0.0588. The number of hydrogen-bond acceptors (Lipinski definition) is 5. The predicted molar refractivity (Wildman–Crippen MR) is 125 cm³/mol. The second kappa shape index (κ2) is 10.5. The summed E-state index contributed by atoms with van der Waals surface area (Å²) in [5.74, 6) is 0.950. The summed E-state index contributed by atoms with van der Waals surface area (Å²) in [7, 11) is 3.13. The van der Waals surface area contributed by atoms with Crippen LogP contribution in [0.4, 0.5) is 10.1 Å².